The fraction of sp³-hybridized carbons (Fsp3) is 0.643. The molecule has 92 valence electrons. The Kier molecular flexibility index (Phi) is 2.59. The number of aromatic nitrogens is 1. The number of pyridine rings is 1. The first-order valence-corrected chi connectivity index (χ1v) is 6.40. The van der Waals surface area contributed by atoms with Gasteiger partial charge in [-0.05, 0) is 43.4 Å². The topological polar surface area (TPSA) is 31.4 Å². The van der Waals surface area contributed by atoms with Crippen molar-refractivity contribution in [2.45, 2.75) is 44.3 Å². The summed E-state index contributed by atoms with van der Waals surface area (Å²) < 4.78 is 19.5. The van der Waals surface area contributed by atoms with Gasteiger partial charge in [0.1, 0.15) is 0 Å². The Morgan fingerprint density at radius 3 is 2.76 bits per heavy atom. The minimum Gasteiger partial charge on any atom is -0.348 e. The Morgan fingerprint density at radius 1 is 1.35 bits per heavy atom. The molecular weight excluding hydrogens is 214 g/mol. The molecule has 3 nitrogen and oxygen atoms in total. The molecule has 1 aliphatic heterocycles. The molecule has 0 amide bonds. The third kappa shape index (κ3) is 2.22. The van der Waals surface area contributed by atoms with Crippen LogP contribution in [0.1, 0.15) is 44.2 Å². The molecule has 1 saturated carbocycles. The van der Waals surface area contributed by atoms with Crippen LogP contribution in [0, 0.1) is 6.92 Å². The van der Waals surface area contributed by atoms with Gasteiger partial charge in [-0.2, -0.15) is 0 Å². The van der Waals surface area contributed by atoms with Crippen LogP contribution in [0.15, 0.2) is 18.3 Å². The summed E-state index contributed by atoms with van der Waals surface area (Å²) in [7, 11) is 0. The van der Waals surface area contributed by atoms with Crippen molar-refractivity contribution >= 4 is 0 Å². The summed E-state index contributed by atoms with van der Waals surface area (Å²) in [5.41, 5.74) is 2.13. The fourth-order valence-corrected chi connectivity index (χ4v) is 2.90. The molecule has 0 unspecified atom stereocenters. The minimum absolute atomic E-state index is 0.305. The van der Waals surface area contributed by atoms with Gasteiger partial charge < -0.3 is 9.47 Å². The lowest BCUT2D eigenvalue weighted by molar-refractivity contribution is -0.178. The van der Waals surface area contributed by atoms with Crippen molar-refractivity contribution in [3.8, 4) is 0 Å². The van der Waals surface area contributed by atoms with Crippen molar-refractivity contribution in [2.24, 2.45) is 0 Å². The molecule has 1 aromatic heterocycles. The van der Waals surface area contributed by atoms with Gasteiger partial charge in [0.25, 0.3) is 0 Å². The van der Waals surface area contributed by atoms with Crippen LogP contribution in [0.4, 0.5) is 0 Å². The first-order chi connectivity index (χ1) is 8.69. The SMILES string of the molecule is [2H]c1cnc(C)cc1C1CCC2(CC1)OCCO2. The molecule has 0 N–H and O–H groups in total. The normalized spacial score (nSPS) is 25.1. The summed E-state index contributed by atoms with van der Waals surface area (Å²) >= 11 is 0. The summed E-state index contributed by atoms with van der Waals surface area (Å²) in [6, 6.07) is 2.62. The van der Waals surface area contributed by atoms with Gasteiger partial charge in [0.05, 0.1) is 14.6 Å². The summed E-state index contributed by atoms with van der Waals surface area (Å²) in [4.78, 5) is 4.17. The van der Waals surface area contributed by atoms with Crippen molar-refractivity contribution in [3.63, 3.8) is 0 Å². The zero-order valence-electron chi connectivity index (χ0n) is 11.2. The number of aryl methyl sites for hydroxylation is 1. The monoisotopic (exact) mass is 234 g/mol. The number of nitrogens with zero attached hydrogens (tertiary/aromatic N) is 1. The molecule has 0 bridgehead atoms. The molecule has 0 aromatic carbocycles. The van der Waals surface area contributed by atoms with E-state index in [0.29, 0.717) is 12.0 Å². The quantitative estimate of drug-likeness (QED) is 0.748. The van der Waals surface area contributed by atoms with E-state index >= 15 is 0 Å². The van der Waals surface area contributed by atoms with Crippen molar-refractivity contribution in [3.05, 3.63) is 29.6 Å². The van der Waals surface area contributed by atoms with Crippen LogP contribution in [0.25, 0.3) is 0 Å². The van der Waals surface area contributed by atoms with Crippen molar-refractivity contribution in [1.29, 1.82) is 0 Å². The highest BCUT2D eigenvalue weighted by Crippen LogP contribution is 2.42. The maximum absolute atomic E-state index is 7.98. The molecule has 3 heteroatoms. The lowest BCUT2D eigenvalue weighted by Crippen LogP contribution is -2.34. The van der Waals surface area contributed by atoms with E-state index in [9.17, 15) is 0 Å². The molecule has 1 spiro atoms. The van der Waals surface area contributed by atoms with Crippen molar-refractivity contribution in [2.75, 3.05) is 13.2 Å². The van der Waals surface area contributed by atoms with Crippen LogP contribution >= 0.6 is 0 Å². The van der Waals surface area contributed by atoms with Gasteiger partial charge in [0.2, 0.25) is 0 Å². The molecule has 1 saturated heterocycles. The maximum Gasteiger partial charge on any atom is 0.168 e. The highest BCUT2D eigenvalue weighted by molar-refractivity contribution is 5.20. The third-order valence-electron chi connectivity index (χ3n) is 3.86. The molecule has 0 radical (unpaired) electrons. The lowest BCUT2D eigenvalue weighted by atomic mass is 9.81. The summed E-state index contributed by atoms with van der Waals surface area (Å²) in [6.07, 6.45) is 5.62. The summed E-state index contributed by atoms with van der Waals surface area (Å²) in [5.74, 6) is 0.151. The molecule has 0 atom stereocenters. The Bertz CT molecular complexity index is 433. The van der Waals surface area contributed by atoms with E-state index in [1.165, 1.54) is 0 Å². The summed E-state index contributed by atoms with van der Waals surface area (Å²) in [6.45, 7) is 3.43. The molecular formula is C14H19NO2. The van der Waals surface area contributed by atoms with E-state index in [1.807, 2.05) is 6.92 Å². The zero-order valence-corrected chi connectivity index (χ0v) is 10.2. The van der Waals surface area contributed by atoms with E-state index in [1.54, 1.807) is 6.20 Å². The van der Waals surface area contributed by atoms with Crippen molar-refractivity contribution in [1.82, 2.24) is 4.98 Å². The highest BCUT2D eigenvalue weighted by atomic mass is 16.7. The van der Waals surface area contributed by atoms with Crippen LogP contribution in [-0.2, 0) is 9.47 Å². The highest BCUT2D eigenvalue weighted by Gasteiger charge is 2.40. The predicted octanol–water partition coefficient (Wildman–Crippen LogP) is 2.79. The van der Waals surface area contributed by atoms with Crippen LogP contribution in [0.5, 0.6) is 0 Å². The molecule has 2 heterocycles. The van der Waals surface area contributed by atoms with Gasteiger partial charge in [0, 0.05) is 24.7 Å². The van der Waals surface area contributed by atoms with Gasteiger partial charge in [-0.15, -0.1) is 0 Å². The van der Waals surface area contributed by atoms with Gasteiger partial charge >= 0.3 is 0 Å². The predicted molar refractivity (Wildman–Crippen MR) is 64.8 cm³/mol. The molecule has 2 fully saturated rings. The fourth-order valence-electron chi connectivity index (χ4n) is 2.90. The maximum atomic E-state index is 7.98. The Morgan fingerprint density at radius 2 is 2.06 bits per heavy atom. The van der Waals surface area contributed by atoms with E-state index in [4.69, 9.17) is 10.8 Å². The first-order valence-electron chi connectivity index (χ1n) is 6.90. The number of rotatable bonds is 1. The molecule has 1 aromatic rings. The number of hydrogen-bond acceptors (Lipinski definition) is 3. The standard InChI is InChI=1S/C14H19NO2/c1-11-10-13(4-7-15-11)12-2-5-14(6-3-12)16-8-9-17-14/h4,7,10,12H,2-3,5-6,8-9H2,1H3/i4D. The second-order valence-corrected chi connectivity index (χ2v) is 5.03. The Balaban J connectivity index is 1.74. The minimum atomic E-state index is -0.305. The van der Waals surface area contributed by atoms with Crippen molar-refractivity contribution < 1.29 is 10.8 Å². The number of hydrogen-bond donors (Lipinski definition) is 0. The van der Waals surface area contributed by atoms with Crippen LogP contribution < -0.4 is 0 Å². The van der Waals surface area contributed by atoms with E-state index in [-0.39, 0.29) is 5.79 Å². The van der Waals surface area contributed by atoms with E-state index in [0.717, 1.165) is 50.2 Å². The molecule has 17 heavy (non-hydrogen) atoms. The average molecular weight is 234 g/mol. The van der Waals surface area contributed by atoms with E-state index in [2.05, 4.69) is 11.1 Å². The van der Waals surface area contributed by atoms with Crippen LogP contribution in [-0.4, -0.2) is 24.0 Å². The number of ether oxygens (including phenoxy) is 2. The largest absolute Gasteiger partial charge is 0.348 e. The molecule has 2 aliphatic rings. The smallest absolute Gasteiger partial charge is 0.168 e. The lowest BCUT2D eigenvalue weighted by Gasteiger charge is -2.35. The van der Waals surface area contributed by atoms with Gasteiger partial charge in [0.15, 0.2) is 5.79 Å². The van der Waals surface area contributed by atoms with Gasteiger partial charge in [-0.3, -0.25) is 4.98 Å². The van der Waals surface area contributed by atoms with Gasteiger partial charge in [-0.1, -0.05) is 0 Å². The van der Waals surface area contributed by atoms with Crippen LogP contribution in [0.3, 0.4) is 0 Å². The molecule has 1 aliphatic carbocycles. The third-order valence-corrected chi connectivity index (χ3v) is 3.86. The Labute approximate surface area is 104 Å². The average Bonchev–Trinajstić information content (AvgIpc) is 2.82. The van der Waals surface area contributed by atoms with Gasteiger partial charge in [-0.25, -0.2) is 0 Å². The van der Waals surface area contributed by atoms with E-state index < -0.39 is 0 Å². The zero-order chi connectivity index (χ0) is 12.6. The second kappa shape index (κ2) is 4.39. The second-order valence-electron chi connectivity index (χ2n) is 5.03. The first kappa shape index (κ1) is 10.0. The molecule has 3 rings (SSSR count). The Hall–Kier alpha value is -0.930. The summed E-state index contributed by atoms with van der Waals surface area (Å²) in [5, 5.41) is 0. The van der Waals surface area contributed by atoms with Crippen LogP contribution in [0.2, 0.25) is 0 Å².